The number of aromatic nitrogens is 4. The molecule has 0 bridgehead atoms. The second-order valence-electron chi connectivity index (χ2n) is 7.23. The van der Waals surface area contributed by atoms with Crippen LogP contribution in [-0.2, 0) is 15.8 Å². The third-order valence-electron chi connectivity index (χ3n) is 5.01. The lowest BCUT2D eigenvalue weighted by atomic mass is 10.1. The van der Waals surface area contributed by atoms with Crippen molar-refractivity contribution in [1.82, 2.24) is 19.5 Å². The van der Waals surface area contributed by atoms with Gasteiger partial charge in [0.25, 0.3) is 0 Å². The van der Waals surface area contributed by atoms with Gasteiger partial charge in [0.05, 0.1) is 18.6 Å². The smallest absolute Gasteiger partial charge is 0.325 e. The maximum Gasteiger partial charge on any atom is 0.325 e. The molecular weight excluding hydrogens is 449 g/mol. The molecule has 1 fully saturated rings. The molecule has 0 saturated carbocycles. The lowest BCUT2D eigenvalue weighted by Gasteiger charge is -2.17. The quantitative estimate of drug-likeness (QED) is 0.251. The number of nitrogens with zero attached hydrogens (tertiary/aromatic N) is 4. The molecule has 3 heterocycles. The lowest BCUT2D eigenvalue weighted by Crippen LogP contribution is -2.31. The molecule has 0 amide bonds. The number of rotatable bonds is 7. The van der Waals surface area contributed by atoms with Gasteiger partial charge in [-0.3, -0.25) is 9.13 Å². The summed E-state index contributed by atoms with van der Waals surface area (Å²) in [6.07, 6.45) is -3.91. The zero-order valence-electron chi connectivity index (χ0n) is 16.1. The van der Waals surface area contributed by atoms with E-state index in [4.69, 9.17) is 26.1 Å². The summed E-state index contributed by atoms with van der Waals surface area (Å²) in [5.41, 5.74) is 1.70. The summed E-state index contributed by atoms with van der Waals surface area (Å²) < 4.78 is 18.3. The van der Waals surface area contributed by atoms with Gasteiger partial charge in [-0.25, -0.2) is 4.98 Å². The van der Waals surface area contributed by atoms with Crippen molar-refractivity contribution in [2.75, 3.05) is 11.5 Å². The second-order valence-corrected chi connectivity index (χ2v) is 9.34. The van der Waals surface area contributed by atoms with E-state index in [0.717, 1.165) is 5.56 Å². The van der Waals surface area contributed by atoms with Gasteiger partial charge >= 0.3 is 7.60 Å². The number of anilines is 1. The predicted molar refractivity (Wildman–Crippen MR) is 112 cm³/mol. The predicted octanol–water partition coefficient (Wildman–Crippen LogP) is 1.28. The van der Waals surface area contributed by atoms with Crippen LogP contribution in [0.1, 0.15) is 18.2 Å². The van der Waals surface area contributed by atoms with Crippen LogP contribution in [0.25, 0.3) is 11.2 Å². The SMILES string of the molecule is O=P(O)(O)CCC1OC(n2cnc3c(NCc4ccccc4)nc(Cl)nc32)C(O)C1O. The van der Waals surface area contributed by atoms with Crippen LogP contribution in [-0.4, -0.2) is 64.0 Å². The van der Waals surface area contributed by atoms with Crippen molar-refractivity contribution in [3.8, 4) is 0 Å². The minimum atomic E-state index is -4.27. The van der Waals surface area contributed by atoms with Gasteiger partial charge in [0.2, 0.25) is 5.28 Å². The Kier molecular flexibility index (Phi) is 6.27. The fourth-order valence-corrected chi connectivity index (χ4v) is 4.23. The Labute approximate surface area is 181 Å². The highest BCUT2D eigenvalue weighted by atomic mass is 35.5. The third-order valence-corrected chi connectivity index (χ3v) is 6.02. The van der Waals surface area contributed by atoms with Gasteiger partial charge < -0.3 is 30.1 Å². The Morgan fingerprint density at radius 3 is 2.61 bits per heavy atom. The van der Waals surface area contributed by atoms with Gasteiger partial charge in [-0.2, -0.15) is 9.97 Å². The number of hydrogen-bond acceptors (Lipinski definition) is 8. The molecule has 0 radical (unpaired) electrons. The molecule has 4 atom stereocenters. The Bertz CT molecular complexity index is 1110. The first-order chi connectivity index (χ1) is 14.7. The minimum Gasteiger partial charge on any atom is -0.388 e. The van der Waals surface area contributed by atoms with E-state index in [2.05, 4.69) is 20.3 Å². The highest BCUT2D eigenvalue weighted by molar-refractivity contribution is 7.51. The van der Waals surface area contributed by atoms with Crippen molar-refractivity contribution in [2.45, 2.75) is 37.5 Å². The molecule has 2 aromatic heterocycles. The van der Waals surface area contributed by atoms with Gasteiger partial charge in [0.1, 0.15) is 12.2 Å². The zero-order valence-corrected chi connectivity index (χ0v) is 17.8. The van der Waals surface area contributed by atoms with Crippen LogP contribution in [0.4, 0.5) is 5.82 Å². The number of fused-ring (bicyclic) bond motifs is 1. The van der Waals surface area contributed by atoms with Gasteiger partial charge in [0.15, 0.2) is 23.2 Å². The standard InChI is InChI=1S/C18H21ClN5O6P/c19-18-22-15(20-8-10-4-2-1-3-5-10)12-16(23-18)24(9-21-12)17-14(26)13(25)11(30-17)6-7-31(27,28)29/h1-5,9,11,13-14,17,25-26H,6-8H2,(H,20,22,23)(H2,27,28,29). The molecule has 4 unspecified atom stereocenters. The zero-order chi connectivity index (χ0) is 22.2. The Balaban J connectivity index is 1.58. The molecule has 11 nitrogen and oxygen atoms in total. The molecule has 1 aliphatic rings. The van der Waals surface area contributed by atoms with E-state index >= 15 is 0 Å². The van der Waals surface area contributed by atoms with E-state index in [1.165, 1.54) is 10.9 Å². The first-order valence-electron chi connectivity index (χ1n) is 9.47. The number of ether oxygens (including phenoxy) is 1. The summed E-state index contributed by atoms with van der Waals surface area (Å²) in [6.45, 7) is 0.474. The van der Waals surface area contributed by atoms with Gasteiger partial charge in [-0.15, -0.1) is 0 Å². The molecule has 1 aromatic carbocycles. The van der Waals surface area contributed by atoms with Crippen molar-refractivity contribution in [3.63, 3.8) is 0 Å². The number of aliphatic hydroxyl groups is 2. The number of imidazole rings is 1. The van der Waals surface area contributed by atoms with Crippen LogP contribution >= 0.6 is 19.2 Å². The summed E-state index contributed by atoms with van der Waals surface area (Å²) in [4.78, 5) is 30.8. The van der Waals surface area contributed by atoms with E-state index < -0.39 is 38.3 Å². The van der Waals surface area contributed by atoms with Crippen LogP contribution in [0.3, 0.4) is 0 Å². The van der Waals surface area contributed by atoms with Crippen molar-refractivity contribution in [1.29, 1.82) is 0 Å². The Hall–Kier alpha value is -2.11. The Morgan fingerprint density at radius 2 is 1.90 bits per heavy atom. The maximum absolute atomic E-state index is 11.1. The number of hydrogen-bond donors (Lipinski definition) is 5. The first-order valence-corrected chi connectivity index (χ1v) is 11.6. The van der Waals surface area contributed by atoms with Crippen molar-refractivity contribution >= 4 is 36.2 Å². The molecule has 0 aliphatic carbocycles. The summed E-state index contributed by atoms with van der Waals surface area (Å²) in [5, 5.41) is 23.9. The summed E-state index contributed by atoms with van der Waals surface area (Å²) >= 11 is 6.09. The van der Waals surface area contributed by atoms with E-state index in [1.54, 1.807) is 0 Å². The molecule has 0 spiro atoms. The third kappa shape index (κ3) is 4.88. The number of aliphatic hydroxyl groups excluding tert-OH is 2. The van der Waals surface area contributed by atoms with Crippen LogP contribution in [0, 0.1) is 0 Å². The maximum atomic E-state index is 11.1. The Morgan fingerprint density at radius 1 is 1.16 bits per heavy atom. The molecule has 166 valence electrons. The summed E-state index contributed by atoms with van der Waals surface area (Å²) in [7, 11) is -4.27. The summed E-state index contributed by atoms with van der Waals surface area (Å²) in [5.74, 6) is 0.392. The monoisotopic (exact) mass is 469 g/mol. The van der Waals surface area contributed by atoms with Gasteiger partial charge in [-0.05, 0) is 23.6 Å². The van der Waals surface area contributed by atoms with E-state index in [1.807, 2.05) is 30.3 Å². The average Bonchev–Trinajstić information content (AvgIpc) is 3.26. The molecule has 5 N–H and O–H groups in total. The van der Waals surface area contributed by atoms with Crippen LogP contribution < -0.4 is 5.32 Å². The van der Waals surface area contributed by atoms with Crippen LogP contribution in [0.5, 0.6) is 0 Å². The molecule has 4 rings (SSSR count). The lowest BCUT2D eigenvalue weighted by molar-refractivity contribution is -0.0355. The molecule has 31 heavy (non-hydrogen) atoms. The van der Waals surface area contributed by atoms with Gasteiger partial charge in [-0.1, -0.05) is 30.3 Å². The highest BCUT2D eigenvalue weighted by Crippen LogP contribution is 2.39. The van der Waals surface area contributed by atoms with E-state index in [-0.39, 0.29) is 17.4 Å². The van der Waals surface area contributed by atoms with Gasteiger partial charge in [0, 0.05) is 6.54 Å². The molecule has 13 heteroatoms. The van der Waals surface area contributed by atoms with Crippen molar-refractivity contribution in [2.24, 2.45) is 0 Å². The van der Waals surface area contributed by atoms with E-state index in [9.17, 15) is 14.8 Å². The average molecular weight is 470 g/mol. The van der Waals surface area contributed by atoms with Crippen molar-refractivity contribution in [3.05, 3.63) is 47.5 Å². The minimum absolute atomic E-state index is 0.0455. The number of nitrogens with one attached hydrogen (secondary N) is 1. The topological polar surface area (TPSA) is 163 Å². The fourth-order valence-electron chi connectivity index (χ4n) is 3.47. The summed E-state index contributed by atoms with van der Waals surface area (Å²) in [6, 6.07) is 9.66. The molecule has 1 aliphatic heterocycles. The van der Waals surface area contributed by atoms with Crippen molar-refractivity contribution < 1.29 is 29.3 Å². The van der Waals surface area contributed by atoms with E-state index in [0.29, 0.717) is 17.9 Å². The molecule has 1 saturated heterocycles. The largest absolute Gasteiger partial charge is 0.388 e. The second kappa shape index (κ2) is 8.79. The first kappa shape index (κ1) is 22.1. The number of halogens is 1. The normalized spacial score (nSPS) is 24.0. The molecule has 3 aromatic rings. The van der Waals surface area contributed by atoms with Crippen LogP contribution in [0.2, 0.25) is 5.28 Å². The molecular formula is C18H21ClN5O6P. The van der Waals surface area contributed by atoms with Crippen LogP contribution in [0.15, 0.2) is 36.7 Å². The fraction of sp³-hybridized carbons (Fsp3) is 0.389. The number of benzene rings is 1. The highest BCUT2D eigenvalue weighted by Gasteiger charge is 2.44.